The van der Waals surface area contributed by atoms with Crippen LogP contribution < -0.4 is 0 Å². The van der Waals surface area contributed by atoms with Crippen molar-refractivity contribution in [3.8, 4) is 0 Å². The number of likely N-dealkylation sites (N-methyl/N-ethyl adjacent to an activating group) is 1. The summed E-state index contributed by atoms with van der Waals surface area (Å²) in [4.78, 5) is 26.6. The van der Waals surface area contributed by atoms with Gasteiger partial charge < -0.3 is 10.0 Å². The van der Waals surface area contributed by atoms with Gasteiger partial charge in [-0.05, 0) is 33.9 Å². The van der Waals surface area contributed by atoms with Gasteiger partial charge in [0.1, 0.15) is 0 Å². The number of amides is 2. The smallest absolute Gasteiger partial charge is 0.229 e. The summed E-state index contributed by atoms with van der Waals surface area (Å²) < 4.78 is 0. The zero-order valence-corrected chi connectivity index (χ0v) is 10.9. The summed E-state index contributed by atoms with van der Waals surface area (Å²) in [5.74, 6) is -0.321. The summed E-state index contributed by atoms with van der Waals surface area (Å²) in [6, 6.07) is 0. The average molecular weight is 242 g/mol. The van der Waals surface area contributed by atoms with Crippen LogP contribution in [-0.2, 0) is 9.59 Å². The van der Waals surface area contributed by atoms with E-state index in [9.17, 15) is 14.7 Å². The Morgan fingerprint density at radius 1 is 1.24 bits per heavy atom. The number of β-amino-alcohol motifs (C(OH)–C–C–N with tert-alkyl or cyclic N) is 1. The Morgan fingerprint density at radius 2 is 1.71 bits per heavy atom. The first-order valence-corrected chi connectivity index (χ1v) is 6.02. The predicted molar refractivity (Wildman–Crippen MR) is 64.4 cm³/mol. The molecule has 1 N–H and O–H groups in total. The third-order valence-corrected chi connectivity index (χ3v) is 2.79. The molecule has 1 fully saturated rings. The zero-order valence-electron chi connectivity index (χ0n) is 10.9. The number of imide groups is 1. The van der Waals surface area contributed by atoms with Crippen molar-refractivity contribution < 1.29 is 14.7 Å². The van der Waals surface area contributed by atoms with Crippen molar-refractivity contribution in [3.63, 3.8) is 0 Å². The number of nitrogens with zero attached hydrogens (tertiary/aromatic N) is 2. The van der Waals surface area contributed by atoms with E-state index in [1.165, 1.54) is 4.90 Å². The molecule has 0 aromatic rings. The molecule has 0 bridgehead atoms. The minimum atomic E-state index is -1.06. The molecule has 1 atom stereocenters. The van der Waals surface area contributed by atoms with E-state index in [-0.39, 0.29) is 18.4 Å². The number of rotatable bonds is 4. The molecule has 1 aliphatic heterocycles. The van der Waals surface area contributed by atoms with E-state index in [4.69, 9.17) is 0 Å². The summed E-state index contributed by atoms with van der Waals surface area (Å²) in [5.41, 5.74) is -1.06. The lowest BCUT2D eigenvalue weighted by Crippen LogP contribution is -2.50. The van der Waals surface area contributed by atoms with Gasteiger partial charge in [-0.15, -0.1) is 0 Å². The molecule has 2 amide bonds. The molecule has 0 aromatic heterocycles. The molecule has 5 nitrogen and oxygen atoms in total. The minimum absolute atomic E-state index is 0.0862. The lowest BCUT2D eigenvalue weighted by Gasteiger charge is -2.31. The normalized spacial score (nSPS) is 21.6. The molecule has 0 spiro atoms. The quantitative estimate of drug-likeness (QED) is 0.717. The second-order valence-corrected chi connectivity index (χ2v) is 5.32. The lowest BCUT2D eigenvalue weighted by molar-refractivity contribution is -0.148. The second kappa shape index (κ2) is 5.60. The molecule has 0 aliphatic carbocycles. The lowest BCUT2D eigenvalue weighted by atomic mass is 10.1. The molecule has 1 heterocycles. The van der Waals surface area contributed by atoms with Gasteiger partial charge in [0.25, 0.3) is 0 Å². The van der Waals surface area contributed by atoms with E-state index >= 15 is 0 Å². The molecule has 5 heteroatoms. The van der Waals surface area contributed by atoms with E-state index in [0.29, 0.717) is 19.4 Å². The Hall–Kier alpha value is -0.940. The number of hydrogen-bond donors (Lipinski definition) is 1. The molecular formula is C12H22N2O3. The first-order chi connectivity index (χ1) is 7.82. The van der Waals surface area contributed by atoms with Crippen molar-refractivity contribution in [2.24, 2.45) is 0 Å². The van der Waals surface area contributed by atoms with Gasteiger partial charge in [0.2, 0.25) is 11.8 Å². The first-order valence-electron chi connectivity index (χ1n) is 6.02. The van der Waals surface area contributed by atoms with Crippen LogP contribution in [0.15, 0.2) is 0 Å². The highest BCUT2D eigenvalue weighted by molar-refractivity contribution is 5.96. The van der Waals surface area contributed by atoms with Crippen molar-refractivity contribution in [1.29, 1.82) is 0 Å². The molecule has 1 unspecified atom stereocenters. The third-order valence-electron chi connectivity index (χ3n) is 2.79. The van der Waals surface area contributed by atoms with Crippen molar-refractivity contribution in [1.82, 2.24) is 9.80 Å². The molecule has 0 radical (unpaired) electrons. The Kier molecular flexibility index (Phi) is 4.65. The van der Waals surface area contributed by atoms with E-state index in [1.54, 1.807) is 6.92 Å². The average Bonchev–Trinajstić information content (AvgIpc) is 2.30. The Balaban J connectivity index is 2.69. The highest BCUT2D eigenvalue weighted by atomic mass is 16.3. The van der Waals surface area contributed by atoms with E-state index < -0.39 is 5.60 Å². The van der Waals surface area contributed by atoms with Gasteiger partial charge in [-0.1, -0.05) is 0 Å². The van der Waals surface area contributed by atoms with Crippen LogP contribution in [0.2, 0.25) is 0 Å². The highest BCUT2D eigenvalue weighted by Gasteiger charge is 2.32. The summed E-state index contributed by atoms with van der Waals surface area (Å²) in [7, 11) is 3.70. The molecule has 17 heavy (non-hydrogen) atoms. The number of likely N-dealkylation sites (tertiary alicyclic amines) is 1. The number of carbonyl (C=O) groups excluding carboxylic acids is 2. The van der Waals surface area contributed by atoms with Crippen molar-refractivity contribution in [2.75, 3.05) is 27.2 Å². The fourth-order valence-electron chi connectivity index (χ4n) is 2.21. The van der Waals surface area contributed by atoms with Crippen molar-refractivity contribution in [2.45, 2.75) is 38.2 Å². The van der Waals surface area contributed by atoms with Gasteiger partial charge in [0, 0.05) is 19.4 Å². The topological polar surface area (TPSA) is 60.9 Å². The number of aliphatic hydroxyl groups is 1. The predicted octanol–water partition coefficient (Wildman–Crippen LogP) is 0.228. The van der Waals surface area contributed by atoms with E-state index in [2.05, 4.69) is 0 Å². The summed E-state index contributed by atoms with van der Waals surface area (Å²) in [6.07, 6.45) is 2.33. The SMILES string of the molecule is CN(C)CC(C)(O)CN1C(=O)CCCCC1=O. The van der Waals surface area contributed by atoms with Gasteiger partial charge in [-0.3, -0.25) is 14.5 Å². The second-order valence-electron chi connectivity index (χ2n) is 5.32. The Labute approximate surface area is 102 Å². The fourth-order valence-corrected chi connectivity index (χ4v) is 2.21. The van der Waals surface area contributed by atoms with Gasteiger partial charge in [0.15, 0.2) is 0 Å². The summed E-state index contributed by atoms with van der Waals surface area (Å²) in [5, 5.41) is 10.2. The molecule has 1 aliphatic rings. The molecule has 1 rings (SSSR count). The number of carbonyl (C=O) groups is 2. The minimum Gasteiger partial charge on any atom is -0.387 e. The van der Waals surface area contributed by atoms with Crippen LogP contribution in [-0.4, -0.2) is 59.5 Å². The Bertz CT molecular complexity index is 282. The van der Waals surface area contributed by atoms with Gasteiger partial charge in [-0.25, -0.2) is 0 Å². The highest BCUT2D eigenvalue weighted by Crippen LogP contribution is 2.16. The monoisotopic (exact) mass is 242 g/mol. The van der Waals surface area contributed by atoms with Gasteiger partial charge in [0.05, 0.1) is 12.1 Å². The third kappa shape index (κ3) is 4.44. The van der Waals surface area contributed by atoms with Crippen LogP contribution in [0.3, 0.4) is 0 Å². The largest absolute Gasteiger partial charge is 0.387 e. The van der Waals surface area contributed by atoms with Crippen LogP contribution in [0.1, 0.15) is 32.6 Å². The molecular weight excluding hydrogens is 220 g/mol. The van der Waals surface area contributed by atoms with Crippen LogP contribution in [0.25, 0.3) is 0 Å². The fraction of sp³-hybridized carbons (Fsp3) is 0.833. The molecule has 98 valence electrons. The summed E-state index contributed by atoms with van der Waals surface area (Å²) in [6.45, 7) is 2.16. The van der Waals surface area contributed by atoms with Crippen LogP contribution >= 0.6 is 0 Å². The standard InChI is InChI=1S/C12H22N2O3/c1-12(17,8-13(2)3)9-14-10(15)6-4-5-7-11(14)16/h17H,4-9H2,1-3H3. The van der Waals surface area contributed by atoms with Crippen LogP contribution in [0, 0.1) is 0 Å². The maximum Gasteiger partial charge on any atom is 0.229 e. The van der Waals surface area contributed by atoms with E-state index in [1.807, 2.05) is 19.0 Å². The van der Waals surface area contributed by atoms with Crippen molar-refractivity contribution >= 4 is 11.8 Å². The van der Waals surface area contributed by atoms with Crippen molar-refractivity contribution in [3.05, 3.63) is 0 Å². The van der Waals surface area contributed by atoms with Gasteiger partial charge >= 0.3 is 0 Å². The zero-order chi connectivity index (χ0) is 13.1. The Morgan fingerprint density at radius 3 is 2.12 bits per heavy atom. The molecule has 0 aromatic carbocycles. The maximum atomic E-state index is 11.8. The van der Waals surface area contributed by atoms with Gasteiger partial charge in [-0.2, -0.15) is 0 Å². The van der Waals surface area contributed by atoms with Crippen LogP contribution in [0.5, 0.6) is 0 Å². The molecule has 0 saturated carbocycles. The first kappa shape index (κ1) is 14.1. The van der Waals surface area contributed by atoms with Crippen LogP contribution in [0.4, 0.5) is 0 Å². The number of hydrogen-bond acceptors (Lipinski definition) is 4. The molecule has 1 saturated heterocycles. The van der Waals surface area contributed by atoms with E-state index in [0.717, 1.165) is 12.8 Å². The maximum absolute atomic E-state index is 11.8. The summed E-state index contributed by atoms with van der Waals surface area (Å²) >= 11 is 0.